The van der Waals surface area contributed by atoms with Crippen LogP contribution in [0.1, 0.15) is 18.9 Å². The zero-order valence-electron chi connectivity index (χ0n) is 13.2. The number of nitrogens with zero attached hydrogens (tertiary/aromatic N) is 2. The SMILES string of the molecule is CCCNc1nc(Nc2ccc(C)c(Cl)c2)nc2ccccc12. The average Bonchev–Trinajstić information content (AvgIpc) is 2.56. The number of nitrogens with one attached hydrogen (secondary N) is 2. The van der Waals surface area contributed by atoms with Gasteiger partial charge in [-0.25, -0.2) is 4.98 Å². The summed E-state index contributed by atoms with van der Waals surface area (Å²) in [5, 5.41) is 8.35. The minimum atomic E-state index is 0.558. The molecule has 0 saturated carbocycles. The van der Waals surface area contributed by atoms with Crippen molar-refractivity contribution in [2.75, 3.05) is 17.2 Å². The fourth-order valence-corrected chi connectivity index (χ4v) is 2.49. The number of hydrogen-bond donors (Lipinski definition) is 2. The maximum absolute atomic E-state index is 6.18. The van der Waals surface area contributed by atoms with Gasteiger partial charge >= 0.3 is 0 Å². The minimum Gasteiger partial charge on any atom is -0.369 e. The standard InChI is InChI=1S/C18H19ClN4/c1-3-10-20-17-14-6-4-5-7-16(14)22-18(23-17)21-13-9-8-12(2)15(19)11-13/h4-9,11H,3,10H2,1-2H3,(H2,20,21,22,23). The lowest BCUT2D eigenvalue weighted by molar-refractivity contribution is 0.970. The highest BCUT2D eigenvalue weighted by molar-refractivity contribution is 6.31. The Morgan fingerprint density at radius 1 is 1.09 bits per heavy atom. The third-order valence-electron chi connectivity index (χ3n) is 3.57. The largest absolute Gasteiger partial charge is 0.369 e. The van der Waals surface area contributed by atoms with Crippen molar-refractivity contribution in [2.24, 2.45) is 0 Å². The van der Waals surface area contributed by atoms with Gasteiger partial charge in [0.15, 0.2) is 0 Å². The number of fused-ring (bicyclic) bond motifs is 1. The van der Waals surface area contributed by atoms with Crippen LogP contribution in [0.4, 0.5) is 17.5 Å². The van der Waals surface area contributed by atoms with E-state index < -0.39 is 0 Å². The molecular weight excluding hydrogens is 308 g/mol. The van der Waals surface area contributed by atoms with Crippen LogP contribution in [0.3, 0.4) is 0 Å². The lowest BCUT2D eigenvalue weighted by Crippen LogP contribution is -2.06. The summed E-state index contributed by atoms with van der Waals surface area (Å²) in [5.74, 6) is 1.40. The van der Waals surface area contributed by atoms with Crippen LogP contribution in [0.25, 0.3) is 10.9 Å². The van der Waals surface area contributed by atoms with E-state index >= 15 is 0 Å². The smallest absolute Gasteiger partial charge is 0.229 e. The second-order valence-corrected chi connectivity index (χ2v) is 5.84. The summed E-state index contributed by atoms with van der Waals surface area (Å²) >= 11 is 6.18. The van der Waals surface area contributed by atoms with Gasteiger partial charge in [-0.05, 0) is 43.2 Å². The maximum atomic E-state index is 6.18. The highest BCUT2D eigenvalue weighted by Gasteiger charge is 2.08. The van der Waals surface area contributed by atoms with E-state index in [2.05, 4.69) is 27.5 Å². The van der Waals surface area contributed by atoms with E-state index in [1.54, 1.807) is 0 Å². The molecule has 1 heterocycles. The van der Waals surface area contributed by atoms with Crippen LogP contribution >= 0.6 is 11.6 Å². The Kier molecular flexibility index (Phi) is 4.63. The van der Waals surface area contributed by atoms with Crippen molar-refractivity contribution < 1.29 is 0 Å². The third-order valence-corrected chi connectivity index (χ3v) is 3.98. The molecule has 0 spiro atoms. The second kappa shape index (κ2) is 6.84. The normalized spacial score (nSPS) is 10.7. The first-order valence-electron chi connectivity index (χ1n) is 7.71. The van der Waals surface area contributed by atoms with Crippen LogP contribution in [0.2, 0.25) is 5.02 Å². The van der Waals surface area contributed by atoms with Crippen molar-refractivity contribution in [2.45, 2.75) is 20.3 Å². The molecule has 0 aliphatic heterocycles. The van der Waals surface area contributed by atoms with Gasteiger partial charge in [0.2, 0.25) is 5.95 Å². The Hall–Kier alpha value is -2.33. The van der Waals surface area contributed by atoms with Gasteiger partial charge < -0.3 is 10.6 Å². The summed E-state index contributed by atoms with van der Waals surface area (Å²) in [4.78, 5) is 9.20. The molecule has 23 heavy (non-hydrogen) atoms. The molecule has 0 atom stereocenters. The zero-order valence-corrected chi connectivity index (χ0v) is 14.0. The van der Waals surface area contributed by atoms with Crippen LogP contribution in [0.5, 0.6) is 0 Å². The summed E-state index contributed by atoms with van der Waals surface area (Å²) in [5.41, 5.74) is 2.82. The molecule has 2 N–H and O–H groups in total. The monoisotopic (exact) mass is 326 g/mol. The zero-order chi connectivity index (χ0) is 16.2. The van der Waals surface area contributed by atoms with Gasteiger partial charge in [0, 0.05) is 22.6 Å². The first kappa shape index (κ1) is 15.6. The molecule has 0 saturated heterocycles. The second-order valence-electron chi connectivity index (χ2n) is 5.43. The van der Waals surface area contributed by atoms with E-state index in [0.29, 0.717) is 5.95 Å². The fraction of sp³-hybridized carbons (Fsp3) is 0.222. The molecule has 5 heteroatoms. The van der Waals surface area contributed by atoms with E-state index in [-0.39, 0.29) is 0 Å². The van der Waals surface area contributed by atoms with Crippen LogP contribution in [0, 0.1) is 6.92 Å². The number of hydrogen-bond acceptors (Lipinski definition) is 4. The quantitative estimate of drug-likeness (QED) is 0.680. The molecule has 1 aromatic heterocycles. The maximum Gasteiger partial charge on any atom is 0.229 e. The molecule has 0 radical (unpaired) electrons. The molecule has 2 aromatic carbocycles. The average molecular weight is 327 g/mol. The summed E-state index contributed by atoms with van der Waals surface area (Å²) in [6.45, 7) is 4.98. The van der Waals surface area contributed by atoms with Gasteiger partial charge in [0.1, 0.15) is 5.82 Å². The Balaban J connectivity index is 1.98. The molecule has 3 rings (SSSR count). The van der Waals surface area contributed by atoms with E-state index in [9.17, 15) is 0 Å². The van der Waals surface area contributed by atoms with Crippen molar-refractivity contribution in [3.05, 3.63) is 53.1 Å². The van der Waals surface area contributed by atoms with Gasteiger partial charge in [0.05, 0.1) is 5.52 Å². The van der Waals surface area contributed by atoms with E-state index in [4.69, 9.17) is 11.6 Å². The molecular formula is C18H19ClN4. The minimum absolute atomic E-state index is 0.558. The number of anilines is 3. The molecule has 0 bridgehead atoms. The van der Waals surface area contributed by atoms with Crippen LogP contribution in [-0.4, -0.2) is 16.5 Å². The Labute approximate surface area is 140 Å². The number of aryl methyl sites for hydroxylation is 1. The van der Waals surface area contributed by atoms with Crippen molar-refractivity contribution in [3.8, 4) is 0 Å². The van der Waals surface area contributed by atoms with E-state index in [1.807, 2.05) is 49.4 Å². The highest BCUT2D eigenvalue weighted by Crippen LogP contribution is 2.25. The number of rotatable bonds is 5. The molecule has 118 valence electrons. The Morgan fingerprint density at radius 3 is 2.70 bits per heavy atom. The van der Waals surface area contributed by atoms with Gasteiger partial charge in [-0.3, -0.25) is 0 Å². The molecule has 4 nitrogen and oxygen atoms in total. The predicted octanol–water partition coefficient (Wildman–Crippen LogP) is 5.16. The lowest BCUT2D eigenvalue weighted by Gasteiger charge is -2.12. The van der Waals surface area contributed by atoms with Gasteiger partial charge in [0.25, 0.3) is 0 Å². The van der Waals surface area contributed by atoms with Crippen molar-refractivity contribution in [1.29, 1.82) is 0 Å². The molecule has 0 fully saturated rings. The van der Waals surface area contributed by atoms with Crippen LogP contribution in [0.15, 0.2) is 42.5 Å². The predicted molar refractivity (Wildman–Crippen MR) is 97.8 cm³/mol. The summed E-state index contributed by atoms with van der Waals surface area (Å²) in [6.07, 6.45) is 1.04. The Bertz CT molecular complexity index is 832. The molecule has 3 aromatic rings. The topological polar surface area (TPSA) is 49.8 Å². The third kappa shape index (κ3) is 3.54. The molecule has 0 aliphatic carbocycles. The number of halogens is 1. The van der Waals surface area contributed by atoms with E-state index in [0.717, 1.165) is 46.0 Å². The first-order valence-corrected chi connectivity index (χ1v) is 8.09. The molecule has 0 amide bonds. The van der Waals surface area contributed by atoms with Gasteiger partial charge in [-0.1, -0.05) is 36.7 Å². The highest BCUT2D eigenvalue weighted by atomic mass is 35.5. The van der Waals surface area contributed by atoms with Crippen LogP contribution in [-0.2, 0) is 0 Å². The Morgan fingerprint density at radius 2 is 1.91 bits per heavy atom. The molecule has 0 aliphatic rings. The summed E-state index contributed by atoms with van der Waals surface area (Å²) in [6, 6.07) is 13.8. The van der Waals surface area contributed by atoms with Crippen molar-refractivity contribution >= 4 is 40.0 Å². The van der Waals surface area contributed by atoms with Crippen molar-refractivity contribution in [1.82, 2.24) is 9.97 Å². The number of para-hydroxylation sites is 1. The van der Waals surface area contributed by atoms with Gasteiger partial charge in [-0.15, -0.1) is 0 Å². The number of aromatic nitrogens is 2. The molecule has 0 unspecified atom stereocenters. The summed E-state index contributed by atoms with van der Waals surface area (Å²) < 4.78 is 0. The van der Waals surface area contributed by atoms with E-state index in [1.165, 1.54) is 0 Å². The summed E-state index contributed by atoms with van der Waals surface area (Å²) in [7, 11) is 0. The van der Waals surface area contributed by atoms with Crippen molar-refractivity contribution in [3.63, 3.8) is 0 Å². The van der Waals surface area contributed by atoms with Gasteiger partial charge in [-0.2, -0.15) is 4.98 Å². The lowest BCUT2D eigenvalue weighted by atomic mass is 10.2. The fourth-order valence-electron chi connectivity index (χ4n) is 2.31. The first-order chi connectivity index (χ1) is 11.2. The number of benzene rings is 2. The van der Waals surface area contributed by atoms with Crippen LogP contribution < -0.4 is 10.6 Å².